The van der Waals surface area contributed by atoms with Gasteiger partial charge in [-0.1, -0.05) is 12.1 Å². The number of hydrogen-bond donors (Lipinski definition) is 1. The number of carbonyl (C=O) groups excluding carboxylic acids is 1. The molecule has 3 aromatic heterocycles. The number of nitrogens with one attached hydrogen (secondary N) is 1. The molecule has 1 aromatic carbocycles. The van der Waals surface area contributed by atoms with Crippen LogP contribution in [0.15, 0.2) is 53.3 Å². The summed E-state index contributed by atoms with van der Waals surface area (Å²) in [6, 6.07) is 11.4. The van der Waals surface area contributed by atoms with Crippen molar-refractivity contribution in [3.8, 4) is 11.3 Å². The highest BCUT2D eigenvalue weighted by molar-refractivity contribution is 5.91. The predicted molar refractivity (Wildman–Crippen MR) is 109 cm³/mol. The molecule has 0 spiro atoms. The van der Waals surface area contributed by atoms with Crippen LogP contribution in [0.25, 0.3) is 17.0 Å². The van der Waals surface area contributed by atoms with E-state index >= 15 is 0 Å². The summed E-state index contributed by atoms with van der Waals surface area (Å²) >= 11 is 0. The van der Waals surface area contributed by atoms with Crippen LogP contribution < -0.4 is 5.32 Å². The molecule has 0 bridgehead atoms. The van der Waals surface area contributed by atoms with Gasteiger partial charge in [0.15, 0.2) is 0 Å². The summed E-state index contributed by atoms with van der Waals surface area (Å²) in [4.78, 5) is 16.8. The number of hydrogen-bond acceptors (Lipinski definition) is 5. The molecule has 1 aliphatic carbocycles. The lowest BCUT2D eigenvalue weighted by molar-refractivity contribution is -0.116. The van der Waals surface area contributed by atoms with E-state index < -0.39 is 0 Å². The average Bonchev–Trinajstić information content (AvgIpc) is 3.43. The number of aryl methyl sites for hydroxylation is 3. The van der Waals surface area contributed by atoms with Crippen LogP contribution in [0.4, 0.5) is 5.69 Å². The summed E-state index contributed by atoms with van der Waals surface area (Å²) in [7, 11) is 0. The quantitative estimate of drug-likeness (QED) is 0.562. The third kappa shape index (κ3) is 3.63. The number of anilines is 1. The van der Waals surface area contributed by atoms with E-state index in [1.165, 1.54) is 18.5 Å². The lowest BCUT2D eigenvalue weighted by atomic mass is 10.0. The third-order valence-electron chi connectivity index (χ3n) is 5.29. The number of fused-ring (bicyclic) bond motifs is 3. The second-order valence-electron chi connectivity index (χ2n) is 7.30. The number of benzene rings is 1. The molecular formula is C22H21N5O2. The van der Waals surface area contributed by atoms with E-state index in [0.29, 0.717) is 18.6 Å². The van der Waals surface area contributed by atoms with Gasteiger partial charge in [-0.15, -0.1) is 5.10 Å². The Morgan fingerprint density at radius 1 is 1.10 bits per heavy atom. The third-order valence-corrected chi connectivity index (χ3v) is 5.29. The van der Waals surface area contributed by atoms with E-state index in [4.69, 9.17) is 4.42 Å². The Morgan fingerprint density at radius 2 is 1.97 bits per heavy atom. The number of carbonyl (C=O) groups is 1. The van der Waals surface area contributed by atoms with Gasteiger partial charge in [0.05, 0.1) is 17.7 Å². The molecule has 3 heterocycles. The van der Waals surface area contributed by atoms with Gasteiger partial charge >= 0.3 is 0 Å². The number of aromatic nitrogens is 4. The molecule has 0 atom stereocenters. The van der Waals surface area contributed by atoms with Crippen LogP contribution in [0.5, 0.6) is 0 Å². The topological polar surface area (TPSA) is 85.3 Å². The maximum absolute atomic E-state index is 12.1. The van der Waals surface area contributed by atoms with E-state index in [0.717, 1.165) is 41.2 Å². The molecule has 0 saturated carbocycles. The standard InChI is InChI=1S/C22H21N5O2/c28-21(12-11-17-4-3-13-29-17)23-16-9-7-15(8-10-16)19-14-27-20-6-2-1-5-18(20)25-26-22(27)24-19/h3-4,7-10,13-14H,1-2,5-6,11-12H2,(H,23,28). The fourth-order valence-corrected chi connectivity index (χ4v) is 3.76. The first-order chi connectivity index (χ1) is 14.3. The maximum atomic E-state index is 12.1. The largest absolute Gasteiger partial charge is 0.469 e. The van der Waals surface area contributed by atoms with Crippen molar-refractivity contribution < 1.29 is 9.21 Å². The molecular weight excluding hydrogens is 366 g/mol. The average molecular weight is 387 g/mol. The Hall–Kier alpha value is -3.48. The van der Waals surface area contributed by atoms with Gasteiger partial charge in [0.1, 0.15) is 5.76 Å². The predicted octanol–water partition coefficient (Wildman–Crippen LogP) is 3.83. The lowest BCUT2D eigenvalue weighted by Crippen LogP contribution is -2.12. The smallest absolute Gasteiger partial charge is 0.254 e. The van der Waals surface area contributed by atoms with Crippen LogP contribution in [-0.2, 0) is 24.1 Å². The van der Waals surface area contributed by atoms with Gasteiger partial charge in [-0.25, -0.2) is 4.98 Å². The normalized spacial score (nSPS) is 13.4. The van der Waals surface area contributed by atoms with Crippen molar-refractivity contribution in [2.45, 2.75) is 38.5 Å². The first-order valence-electron chi connectivity index (χ1n) is 9.92. The zero-order chi connectivity index (χ0) is 19.6. The number of furan rings is 1. The number of rotatable bonds is 5. The molecule has 146 valence electrons. The van der Waals surface area contributed by atoms with E-state index in [2.05, 4.69) is 24.9 Å². The number of amides is 1. The Morgan fingerprint density at radius 3 is 2.79 bits per heavy atom. The van der Waals surface area contributed by atoms with E-state index in [1.54, 1.807) is 6.26 Å². The zero-order valence-electron chi connectivity index (χ0n) is 16.0. The van der Waals surface area contributed by atoms with Gasteiger partial charge in [-0.05, 0) is 49.9 Å². The molecule has 0 saturated heterocycles. The minimum Gasteiger partial charge on any atom is -0.469 e. The first-order valence-corrected chi connectivity index (χ1v) is 9.92. The minimum atomic E-state index is -0.0382. The van der Waals surface area contributed by atoms with Gasteiger partial charge in [0.2, 0.25) is 5.91 Å². The number of nitrogens with zero attached hydrogens (tertiary/aromatic N) is 4. The summed E-state index contributed by atoms with van der Waals surface area (Å²) < 4.78 is 7.33. The molecule has 1 aliphatic rings. The summed E-state index contributed by atoms with van der Waals surface area (Å²) in [6.45, 7) is 0. The second kappa shape index (κ2) is 7.50. The van der Waals surface area contributed by atoms with Gasteiger partial charge in [-0.2, -0.15) is 5.10 Å². The van der Waals surface area contributed by atoms with Crippen LogP contribution in [-0.4, -0.2) is 25.5 Å². The van der Waals surface area contributed by atoms with Crippen LogP contribution in [0.3, 0.4) is 0 Å². The fraction of sp³-hybridized carbons (Fsp3) is 0.273. The SMILES string of the molecule is O=C(CCc1ccco1)Nc1ccc(-c2cn3c4c(nnc3n2)CCCC4)cc1. The summed E-state index contributed by atoms with van der Waals surface area (Å²) in [5.41, 5.74) is 4.91. The van der Waals surface area contributed by atoms with Gasteiger partial charge in [0.25, 0.3) is 5.78 Å². The van der Waals surface area contributed by atoms with E-state index in [-0.39, 0.29) is 5.91 Å². The summed E-state index contributed by atoms with van der Waals surface area (Å²) in [6.07, 6.45) is 8.96. The highest BCUT2D eigenvalue weighted by Crippen LogP contribution is 2.24. The molecule has 7 nitrogen and oxygen atoms in total. The van der Waals surface area contributed by atoms with Crippen LogP contribution >= 0.6 is 0 Å². The van der Waals surface area contributed by atoms with Crippen molar-refractivity contribution in [3.05, 3.63) is 66.0 Å². The molecule has 7 heteroatoms. The van der Waals surface area contributed by atoms with E-state index in [9.17, 15) is 4.79 Å². The van der Waals surface area contributed by atoms with Crippen molar-refractivity contribution in [1.29, 1.82) is 0 Å². The van der Waals surface area contributed by atoms with Crippen molar-refractivity contribution >= 4 is 17.4 Å². The van der Waals surface area contributed by atoms with Gasteiger partial charge < -0.3 is 9.73 Å². The monoisotopic (exact) mass is 387 g/mol. The molecule has 0 unspecified atom stereocenters. The van der Waals surface area contributed by atoms with E-state index in [1.807, 2.05) is 42.6 Å². The molecule has 29 heavy (non-hydrogen) atoms. The Balaban J connectivity index is 1.30. The van der Waals surface area contributed by atoms with Gasteiger partial charge in [0, 0.05) is 36.0 Å². The second-order valence-corrected chi connectivity index (χ2v) is 7.30. The van der Waals surface area contributed by atoms with Crippen molar-refractivity contribution in [2.24, 2.45) is 0 Å². The molecule has 1 amide bonds. The Kier molecular flexibility index (Phi) is 4.56. The maximum Gasteiger partial charge on any atom is 0.254 e. The summed E-state index contributed by atoms with van der Waals surface area (Å²) in [5, 5.41) is 11.5. The number of imidazole rings is 1. The van der Waals surface area contributed by atoms with Crippen molar-refractivity contribution in [2.75, 3.05) is 5.32 Å². The first kappa shape index (κ1) is 17.6. The van der Waals surface area contributed by atoms with Crippen molar-refractivity contribution in [3.63, 3.8) is 0 Å². The van der Waals surface area contributed by atoms with Crippen molar-refractivity contribution in [1.82, 2.24) is 19.6 Å². The van der Waals surface area contributed by atoms with Gasteiger partial charge in [-0.3, -0.25) is 9.20 Å². The zero-order valence-corrected chi connectivity index (χ0v) is 16.0. The minimum absolute atomic E-state index is 0.0382. The summed E-state index contributed by atoms with van der Waals surface area (Å²) in [5.74, 6) is 1.41. The fourth-order valence-electron chi connectivity index (χ4n) is 3.76. The Labute approximate surface area is 167 Å². The van der Waals surface area contributed by atoms with Crippen LogP contribution in [0.1, 0.15) is 36.4 Å². The lowest BCUT2D eigenvalue weighted by Gasteiger charge is -2.14. The molecule has 0 radical (unpaired) electrons. The highest BCUT2D eigenvalue weighted by atomic mass is 16.3. The van der Waals surface area contributed by atoms with Crippen LogP contribution in [0.2, 0.25) is 0 Å². The molecule has 1 N–H and O–H groups in total. The highest BCUT2D eigenvalue weighted by Gasteiger charge is 2.17. The molecule has 5 rings (SSSR count). The molecule has 0 aliphatic heterocycles. The van der Waals surface area contributed by atoms with Crippen LogP contribution in [0, 0.1) is 0 Å². The Bertz CT molecular complexity index is 1150. The molecule has 4 aromatic rings. The molecule has 0 fully saturated rings.